The number of hydrogen-bond acceptors (Lipinski definition) is 4. The molecule has 1 heterocycles. The van der Waals surface area contributed by atoms with Crippen molar-refractivity contribution in [3.8, 4) is 0 Å². The van der Waals surface area contributed by atoms with Gasteiger partial charge in [-0.15, -0.1) is 0 Å². The third kappa shape index (κ3) is 3.62. The number of fused-ring (bicyclic) bond motifs is 1. The lowest BCUT2D eigenvalue weighted by molar-refractivity contribution is 0.204. The van der Waals surface area contributed by atoms with Crippen LogP contribution in [0.2, 0.25) is 0 Å². The molecule has 2 rings (SSSR count). The maximum Gasteiger partial charge on any atom is 0.190 e. The van der Waals surface area contributed by atoms with Crippen LogP contribution in [0, 0.1) is 13.8 Å². The van der Waals surface area contributed by atoms with E-state index in [0.29, 0.717) is 18.3 Å². The molecule has 0 aliphatic rings. The van der Waals surface area contributed by atoms with Crippen molar-refractivity contribution in [2.24, 2.45) is 0 Å². The minimum atomic E-state index is 0.574. The predicted octanol–water partition coefficient (Wildman–Crippen LogP) is 2.85. The second-order valence-electron chi connectivity index (χ2n) is 4.30. The minimum Gasteiger partial charge on any atom is -0.383 e. The first-order valence-electron chi connectivity index (χ1n) is 6.01. The number of rotatable bonds is 4. The van der Waals surface area contributed by atoms with Crippen molar-refractivity contribution < 1.29 is 4.74 Å². The Morgan fingerprint density at radius 3 is 2.84 bits per heavy atom. The Hall–Kier alpha value is -1.24. The molecular weight excluding hydrogens is 278 g/mol. The summed E-state index contributed by atoms with van der Waals surface area (Å²) in [6, 6.07) is 4.27. The van der Waals surface area contributed by atoms with Crippen molar-refractivity contribution in [1.29, 1.82) is 0 Å². The second kappa shape index (κ2) is 6.27. The average Bonchev–Trinajstić information content (AvgIpc) is 2.71. The standard InChI is InChI=1S/C13H17N3OS2/c1-8-6-10-11(7-9(8)2)19-13(15-10)16-12(18)14-4-5-17-3/h6-7H,4-5H2,1-3H3,(H2,14,15,16,18). The highest BCUT2D eigenvalue weighted by Gasteiger charge is 2.06. The molecule has 0 amide bonds. The number of anilines is 1. The van der Waals surface area contributed by atoms with E-state index in [9.17, 15) is 0 Å². The van der Waals surface area contributed by atoms with Gasteiger partial charge in [-0.2, -0.15) is 0 Å². The quantitative estimate of drug-likeness (QED) is 0.671. The van der Waals surface area contributed by atoms with Gasteiger partial charge in [0.25, 0.3) is 0 Å². The first kappa shape index (κ1) is 14.2. The van der Waals surface area contributed by atoms with Gasteiger partial charge in [-0.1, -0.05) is 11.3 Å². The Morgan fingerprint density at radius 1 is 1.37 bits per heavy atom. The fourth-order valence-corrected chi connectivity index (χ4v) is 2.85. The highest BCUT2D eigenvalue weighted by Crippen LogP contribution is 2.28. The first-order chi connectivity index (χ1) is 9.10. The molecule has 0 unspecified atom stereocenters. The number of nitrogens with zero attached hydrogens (tertiary/aromatic N) is 1. The smallest absolute Gasteiger partial charge is 0.190 e. The molecule has 6 heteroatoms. The molecule has 0 atom stereocenters. The number of methoxy groups -OCH3 is 1. The van der Waals surface area contributed by atoms with E-state index in [1.54, 1.807) is 18.4 Å². The summed E-state index contributed by atoms with van der Waals surface area (Å²) < 4.78 is 6.13. The van der Waals surface area contributed by atoms with Crippen molar-refractivity contribution >= 4 is 44.0 Å². The fourth-order valence-electron chi connectivity index (χ4n) is 1.64. The Balaban J connectivity index is 2.07. The van der Waals surface area contributed by atoms with Crippen molar-refractivity contribution in [3.63, 3.8) is 0 Å². The molecule has 1 aromatic heterocycles. The topological polar surface area (TPSA) is 46.2 Å². The van der Waals surface area contributed by atoms with Crippen LogP contribution >= 0.6 is 23.6 Å². The lowest BCUT2D eigenvalue weighted by atomic mass is 10.1. The second-order valence-corrected chi connectivity index (χ2v) is 5.74. The summed E-state index contributed by atoms with van der Waals surface area (Å²) in [7, 11) is 1.66. The monoisotopic (exact) mass is 295 g/mol. The number of thiazole rings is 1. The Kier molecular flexibility index (Phi) is 4.68. The van der Waals surface area contributed by atoms with Gasteiger partial charge in [0.05, 0.1) is 16.8 Å². The zero-order chi connectivity index (χ0) is 13.8. The van der Waals surface area contributed by atoms with Crippen molar-refractivity contribution in [2.45, 2.75) is 13.8 Å². The van der Waals surface area contributed by atoms with Crippen molar-refractivity contribution in [3.05, 3.63) is 23.3 Å². The van der Waals surface area contributed by atoms with E-state index >= 15 is 0 Å². The summed E-state index contributed by atoms with van der Waals surface area (Å²) >= 11 is 6.80. The van der Waals surface area contributed by atoms with Crippen LogP contribution in [0.25, 0.3) is 10.2 Å². The van der Waals surface area contributed by atoms with Gasteiger partial charge < -0.3 is 15.4 Å². The van der Waals surface area contributed by atoms with E-state index in [1.807, 2.05) is 0 Å². The van der Waals surface area contributed by atoms with Crippen molar-refractivity contribution in [2.75, 3.05) is 25.6 Å². The zero-order valence-electron chi connectivity index (χ0n) is 11.2. The predicted molar refractivity (Wildman–Crippen MR) is 85.2 cm³/mol. The van der Waals surface area contributed by atoms with E-state index in [1.165, 1.54) is 15.8 Å². The van der Waals surface area contributed by atoms with Crippen LogP contribution in [-0.2, 0) is 4.74 Å². The SMILES string of the molecule is COCCNC(=S)Nc1nc2cc(C)c(C)cc2s1. The van der Waals surface area contributed by atoms with Gasteiger partial charge in [-0.05, 0) is 49.3 Å². The van der Waals surface area contributed by atoms with Crippen LogP contribution < -0.4 is 10.6 Å². The summed E-state index contributed by atoms with van der Waals surface area (Å²) in [4.78, 5) is 4.53. The molecule has 19 heavy (non-hydrogen) atoms. The highest BCUT2D eigenvalue weighted by molar-refractivity contribution is 7.80. The molecule has 0 radical (unpaired) electrons. The van der Waals surface area contributed by atoms with Gasteiger partial charge in [0, 0.05) is 13.7 Å². The van der Waals surface area contributed by atoms with Gasteiger partial charge in [-0.3, -0.25) is 0 Å². The molecule has 0 aliphatic carbocycles. The number of hydrogen-bond donors (Lipinski definition) is 2. The molecule has 0 fully saturated rings. The molecule has 102 valence electrons. The first-order valence-corrected chi connectivity index (χ1v) is 7.24. The number of aromatic nitrogens is 1. The molecule has 0 spiro atoms. The van der Waals surface area contributed by atoms with Gasteiger partial charge in [-0.25, -0.2) is 4.98 Å². The average molecular weight is 295 g/mol. The van der Waals surface area contributed by atoms with Crippen LogP contribution in [0.5, 0.6) is 0 Å². The number of benzene rings is 1. The normalized spacial score (nSPS) is 10.7. The lowest BCUT2D eigenvalue weighted by Crippen LogP contribution is -2.31. The minimum absolute atomic E-state index is 0.574. The van der Waals surface area contributed by atoms with Crippen molar-refractivity contribution in [1.82, 2.24) is 10.3 Å². The lowest BCUT2D eigenvalue weighted by Gasteiger charge is -2.06. The zero-order valence-corrected chi connectivity index (χ0v) is 12.9. The molecule has 0 saturated carbocycles. The Bertz CT molecular complexity index is 556. The van der Waals surface area contributed by atoms with E-state index in [0.717, 1.165) is 10.6 Å². The van der Waals surface area contributed by atoms with E-state index < -0.39 is 0 Å². The third-order valence-corrected chi connectivity index (χ3v) is 4.00. The molecule has 0 saturated heterocycles. The van der Waals surface area contributed by atoms with Crippen LogP contribution in [-0.4, -0.2) is 30.4 Å². The summed E-state index contributed by atoms with van der Waals surface area (Å²) in [5.41, 5.74) is 3.55. The van der Waals surface area contributed by atoms with E-state index in [4.69, 9.17) is 17.0 Å². The summed E-state index contributed by atoms with van der Waals surface area (Å²) in [5.74, 6) is 0. The van der Waals surface area contributed by atoms with Crippen LogP contribution in [0.1, 0.15) is 11.1 Å². The molecule has 1 aromatic carbocycles. The highest BCUT2D eigenvalue weighted by atomic mass is 32.1. The molecule has 2 aromatic rings. The van der Waals surface area contributed by atoms with E-state index in [-0.39, 0.29) is 0 Å². The largest absolute Gasteiger partial charge is 0.383 e. The van der Waals surface area contributed by atoms with Gasteiger partial charge in [0.15, 0.2) is 10.2 Å². The molecule has 4 nitrogen and oxygen atoms in total. The van der Waals surface area contributed by atoms with Gasteiger partial charge in [0.2, 0.25) is 0 Å². The Labute approximate surface area is 122 Å². The van der Waals surface area contributed by atoms with Crippen LogP contribution in [0.15, 0.2) is 12.1 Å². The third-order valence-electron chi connectivity index (χ3n) is 2.82. The molecule has 0 bridgehead atoms. The number of aryl methyl sites for hydroxylation is 2. The van der Waals surface area contributed by atoms with Crippen LogP contribution in [0.4, 0.5) is 5.13 Å². The maximum absolute atomic E-state index is 5.19. The van der Waals surface area contributed by atoms with E-state index in [2.05, 4.69) is 41.6 Å². The van der Waals surface area contributed by atoms with Gasteiger partial charge in [0.1, 0.15) is 0 Å². The van der Waals surface area contributed by atoms with Crippen LogP contribution in [0.3, 0.4) is 0 Å². The number of ether oxygens (including phenoxy) is 1. The summed E-state index contributed by atoms with van der Waals surface area (Å²) in [6.07, 6.45) is 0. The van der Waals surface area contributed by atoms with Gasteiger partial charge >= 0.3 is 0 Å². The summed E-state index contributed by atoms with van der Waals surface area (Å²) in [6.45, 7) is 5.52. The summed E-state index contributed by atoms with van der Waals surface area (Å²) in [5, 5.41) is 7.55. The molecule has 2 N–H and O–H groups in total. The Morgan fingerprint density at radius 2 is 2.11 bits per heavy atom. The fraction of sp³-hybridized carbons (Fsp3) is 0.385. The molecular formula is C13H17N3OS2. The number of thiocarbonyl (C=S) groups is 1. The maximum atomic E-state index is 5.19. The number of nitrogens with one attached hydrogen (secondary N) is 2. The molecule has 0 aliphatic heterocycles.